The molecule has 2 nitrogen and oxygen atoms in total. The Hall–Kier alpha value is -8.98. The van der Waals surface area contributed by atoms with Gasteiger partial charge in [0.15, 0.2) is 0 Å². The van der Waals surface area contributed by atoms with Crippen molar-refractivity contribution < 1.29 is 0 Å². The van der Waals surface area contributed by atoms with E-state index in [9.17, 15) is 0 Å². The van der Waals surface area contributed by atoms with Gasteiger partial charge in [-0.25, -0.2) is 0 Å². The van der Waals surface area contributed by atoms with Gasteiger partial charge in [-0.05, 0) is 134 Å². The summed E-state index contributed by atoms with van der Waals surface area (Å²) in [5.74, 6) is 0. The van der Waals surface area contributed by atoms with Gasteiger partial charge in [-0.1, -0.05) is 225 Å². The third-order valence-electron chi connectivity index (χ3n) is 15.4. The molecule has 1 atom stereocenters. The van der Waals surface area contributed by atoms with E-state index >= 15 is 0 Å². The van der Waals surface area contributed by atoms with Gasteiger partial charge in [0.25, 0.3) is 0 Å². The van der Waals surface area contributed by atoms with Gasteiger partial charge in [0, 0.05) is 28.3 Å². The molecule has 0 radical (unpaired) electrons. The lowest BCUT2D eigenvalue weighted by molar-refractivity contribution is 0.717. The maximum atomic E-state index is 4.13. The fourth-order valence-electron chi connectivity index (χ4n) is 12.5. The first-order chi connectivity index (χ1) is 35.1. The summed E-state index contributed by atoms with van der Waals surface area (Å²) in [7, 11) is 0. The van der Waals surface area contributed by atoms with Gasteiger partial charge >= 0.3 is 0 Å². The van der Waals surface area contributed by atoms with Crippen molar-refractivity contribution in [2.75, 3.05) is 9.80 Å². The van der Waals surface area contributed by atoms with Crippen LogP contribution >= 0.6 is 0 Å². The molecule has 1 aliphatic heterocycles. The number of rotatable bonds is 9. The molecular weight excluding hydrogens is 857 g/mol. The van der Waals surface area contributed by atoms with Crippen molar-refractivity contribution in [3.05, 3.63) is 330 Å². The van der Waals surface area contributed by atoms with Crippen LogP contribution in [0.4, 0.5) is 28.4 Å². The summed E-state index contributed by atoms with van der Waals surface area (Å²) in [6.07, 6.45) is 6.20. The largest absolute Gasteiger partial charge is 0.310 e. The molecule has 0 N–H and O–H groups in total. The number of fused-ring (bicyclic) bond motifs is 10. The van der Waals surface area contributed by atoms with Crippen molar-refractivity contribution in [3.63, 3.8) is 0 Å². The highest BCUT2D eigenvalue weighted by molar-refractivity contribution is 6.00. The van der Waals surface area contributed by atoms with E-state index in [1.54, 1.807) is 0 Å². The molecule has 2 aliphatic carbocycles. The molecular formula is C69H50N2. The molecule has 1 heterocycles. The Morgan fingerprint density at radius 2 is 0.944 bits per heavy atom. The van der Waals surface area contributed by atoms with Gasteiger partial charge in [-0.2, -0.15) is 0 Å². The van der Waals surface area contributed by atoms with Gasteiger partial charge in [-0.15, -0.1) is 0 Å². The molecule has 2 heteroatoms. The lowest BCUT2D eigenvalue weighted by atomic mass is 9.64. The Labute approximate surface area is 417 Å². The van der Waals surface area contributed by atoms with Crippen LogP contribution in [0, 0.1) is 0 Å². The average molecular weight is 907 g/mol. The van der Waals surface area contributed by atoms with Gasteiger partial charge in [0.2, 0.25) is 0 Å². The summed E-state index contributed by atoms with van der Waals surface area (Å²) in [5.41, 5.74) is 23.0. The van der Waals surface area contributed by atoms with Gasteiger partial charge < -0.3 is 9.80 Å². The molecule has 3 aliphatic rings. The smallest absolute Gasteiger partial charge is 0.0715 e. The minimum atomic E-state index is -0.608. The van der Waals surface area contributed by atoms with E-state index < -0.39 is 10.8 Å². The highest BCUT2D eigenvalue weighted by atomic mass is 15.2. The van der Waals surface area contributed by atoms with E-state index in [4.69, 9.17) is 0 Å². The molecule has 1 unspecified atom stereocenters. The maximum Gasteiger partial charge on any atom is 0.0715 e. The monoisotopic (exact) mass is 906 g/mol. The van der Waals surface area contributed by atoms with Crippen molar-refractivity contribution in [1.82, 2.24) is 0 Å². The zero-order chi connectivity index (χ0) is 47.5. The van der Waals surface area contributed by atoms with E-state index in [-0.39, 0.29) is 0 Å². The highest BCUT2D eigenvalue weighted by Gasteiger charge is 2.52. The van der Waals surface area contributed by atoms with Gasteiger partial charge in [0.05, 0.1) is 22.2 Å². The fraction of sp³-hybridized carbons (Fsp3) is 0.0435. The van der Waals surface area contributed by atoms with Crippen LogP contribution in [0.2, 0.25) is 0 Å². The SMILES string of the molecule is C=C/C=C\C1=C(C)C2(c3ccccc3-c3c(N(c4ccc(-c5ccccc5)cc4)c4ccc5c(c4)C(c4ccccc4)(c4ccccc4)c4ccccc4-5)cccc32)c2ccccc2N1c1ccccc1. The topological polar surface area (TPSA) is 6.48 Å². The zero-order valence-corrected chi connectivity index (χ0v) is 39.6. The minimum Gasteiger partial charge on any atom is -0.310 e. The van der Waals surface area contributed by atoms with Crippen LogP contribution in [0.15, 0.2) is 291 Å². The zero-order valence-electron chi connectivity index (χ0n) is 39.6. The van der Waals surface area contributed by atoms with E-state index in [1.165, 1.54) is 77.9 Å². The molecule has 0 aromatic heterocycles. The van der Waals surface area contributed by atoms with Gasteiger partial charge in [-0.3, -0.25) is 0 Å². The number of hydrogen-bond donors (Lipinski definition) is 0. The second-order valence-electron chi connectivity index (χ2n) is 18.8. The van der Waals surface area contributed by atoms with Crippen LogP contribution in [0.1, 0.15) is 45.9 Å². The van der Waals surface area contributed by atoms with Crippen molar-refractivity contribution in [2.45, 2.75) is 17.8 Å². The second-order valence-corrected chi connectivity index (χ2v) is 18.8. The van der Waals surface area contributed by atoms with Crippen LogP contribution in [-0.2, 0) is 10.8 Å². The number of para-hydroxylation sites is 2. The molecule has 1 spiro atoms. The quantitative estimate of drug-likeness (QED) is 0.133. The number of hydrogen-bond acceptors (Lipinski definition) is 2. The molecule has 0 bridgehead atoms. The Bertz CT molecular complexity index is 3680. The summed E-state index contributed by atoms with van der Waals surface area (Å²) in [5, 5.41) is 0. The Morgan fingerprint density at radius 3 is 1.62 bits per heavy atom. The standard InChI is InChI=1S/C69H50N2/c1-3-4-38-64-48(2)68(61-36-21-22-39-65(61)71(64)53-30-15-8-16-31-53)60-35-20-18-33-58(60)67-62(68)37-23-40-66(67)70(54-43-41-50(42-44-54)49-24-9-5-10-25-49)55-45-46-57-56-32-17-19-34-59(56)69(63(57)47-55,51-26-11-6-12-27-51)52-28-13-7-14-29-52/h3-47H,1H2,2H3/b38-4-. The predicted octanol–water partition coefficient (Wildman–Crippen LogP) is 17.7. The van der Waals surface area contributed by atoms with Crippen molar-refractivity contribution in [2.24, 2.45) is 0 Å². The predicted molar refractivity (Wildman–Crippen MR) is 296 cm³/mol. The normalized spacial score (nSPS) is 15.8. The molecule has 0 fully saturated rings. The molecule has 13 rings (SSSR count). The number of benzene rings is 10. The first kappa shape index (κ1) is 42.1. The van der Waals surface area contributed by atoms with E-state index in [0.29, 0.717) is 0 Å². The fourth-order valence-corrected chi connectivity index (χ4v) is 12.5. The Kier molecular flexibility index (Phi) is 10.0. The second kappa shape index (κ2) is 16.9. The maximum absolute atomic E-state index is 4.13. The number of allylic oxidation sites excluding steroid dienone is 4. The molecule has 71 heavy (non-hydrogen) atoms. The van der Waals surface area contributed by atoms with E-state index in [2.05, 4.69) is 290 Å². The van der Waals surface area contributed by atoms with E-state index in [0.717, 1.165) is 34.1 Å². The number of anilines is 5. The molecule has 10 aromatic rings. The summed E-state index contributed by atoms with van der Waals surface area (Å²) in [4.78, 5) is 4.95. The molecule has 0 saturated heterocycles. The van der Waals surface area contributed by atoms with Crippen LogP contribution in [0.25, 0.3) is 33.4 Å². The summed E-state index contributed by atoms with van der Waals surface area (Å²) >= 11 is 0. The summed E-state index contributed by atoms with van der Waals surface area (Å²) < 4.78 is 0. The van der Waals surface area contributed by atoms with Gasteiger partial charge in [0.1, 0.15) is 0 Å². The molecule has 10 aromatic carbocycles. The third-order valence-corrected chi connectivity index (χ3v) is 15.4. The Balaban J connectivity index is 1.10. The average Bonchev–Trinajstić information content (AvgIpc) is 3.91. The van der Waals surface area contributed by atoms with Crippen molar-refractivity contribution in [1.29, 1.82) is 0 Å². The lowest BCUT2D eigenvalue weighted by Gasteiger charge is -2.45. The van der Waals surface area contributed by atoms with Crippen LogP contribution in [0.3, 0.4) is 0 Å². The van der Waals surface area contributed by atoms with Crippen LogP contribution < -0.4 is 9.80 Å². The minimum absolute atomic E-state index is 0.559. The lowest BCUT2D eigenvalue weighted by Crippen LogP contribution is -2.38. The molecule has 336 valence electrons. The summed E-state index contributed by atoms with van der Waals surface area (Å²) in [6.45, 7) is 6.47. The van der Waals surface area contributed by atoms with Crippen molar-refractivity contribution in [3.8, 4) is 33.4 Å². The Morgan fingerprint density at radius 1 is 0.423 bits per heavy atom. The molecule has 0 saturated carbocycles. The highest BCUT2D eigenvalue weighted by Crippen LogP contribution is 2.64. The third kappa shape index (κ3) is 6.21. The number of nitrogens with zero attached hydrogens (tertiary/aromatic N) is 2. The van der Waals surface area contributed by atoms with Crippen LogP contribution in [-0.4, -0.2) is 0 Å². The first-order valence-electron chi connectivity index (χ1n) is 24.6. The first-order valence-corrected chi connectivity index (χ1v) is 24.6. The summed E-state index contributed by atoms with van der Waals surface area (Å²) in [6, 6.07) is 94.2. The van der Waals surface area contributed by atoms with Crippen molar-refractivity contribution >= 4 is 28.4 Å². The molecule has 0 amide bonds. The van der Waals surface area contributed by atoms with Crippen LogP contribution in [0.5, 0.6) is 0 Å². The van der Waals surface area contributed by atoms with E-state index in [1.807, 2.05) is 6.08 Å².